The molecule has 1 aliphatic rings. The molecule has 12 heteroatoms. The van der Waals surface area contributed by atoms with Crippen molar-refractivity contribution in [2.75, 3.05) is 18.8 Å². The lowest BCUT2D eigenvalue weighted by atomic mass is 10.1. The molecule has 3 aromatic heterocycles. The molecule has 10 nitrogen and oxygen atoms in total. The van der Waals surface area contributed by atoms with Crippen LogP contribution >= 0.6 is 0 Å². The quantitative estimate of drug-likeness (QED) is 0.421. The number of nitrogen functional groups attached to an aromatic ring is 1. The van der Waals surface area contributed by atoms with Crippen molar-refractivity contribution < 1.29 is 18.7 Å². The van der Waals surface area contributed by atoms with Crippen LogP contribution in [0.3, 0.4) is 0 Å². The molecule has 1 amide bonds. The van der Waals surface area contributed by atoms with Crippen molar-refractivity contribution in [3.63, 3.8) is 0 Å². The number of nitrogens with zero attached hydrogens (tertiary/aromatic N) is 5. The van der Waals surface area contributed by atoms with E-state index in [2.05, 4.69) is 30.7 Å². The van der Waals surface area contributed by atoms with Gasteiger partial charge in [-0.1, -0.05) is 0 Å². The number of aromatic nitrogens is 5. The maximum atomic E-state index is 14.7. The monoisotopic (exact) mass is 472 g/mol. The first-order chi connectivity index (χ1) is 16.1. The fourth-order valence-corrected chi connectivity index (χ4v) is 3.72. The Morgan fingerprint density at radius 2 is 2.09 bits per heavy atom. The summed E-state index contributed by atoms with van der Waals surface area (Å²) >= 11 is 0. The molecule has 1 saturated heterocycles. The first-order valence-corrected chi connectivity index (χ1v) is 10.8. The number of amides is 1. The second kappa shape index (κ2) is 9.39. The van der Waals surface area contributed by atoms with Gasteiger partial charge in [0.25, 0.3) is 5.91 Å². The van der Waals surface area contributed by atoms with Crippen molar-refractivity contribution >= 4 is 11.7 Å². The van der Waals surface area contributed by atoms with Crippen LogP contribution in [0.4, 0.5) is 14.6 Å². The molecule has 0 saturated carbocycles. The van der Waals surface area contributed by atoms with E-state index in [1.54, 1.807) is 30.9 Å². The standard InChI is InChI=1S/C22H26F2N8O2/c1-22(2,34)11-32-10-12(5-29-32)17-4-15(16(24)8-27-17)18-9-28-20(25)19(31-18)21(33)30-14-3-13(23)6-26-7-14/h4-5,8-10,13-14,26,34H,3,6-7,11H2,1-2H3,(H2,25,28)(H,30,33). The lowest BCUT2D eigenvalue weighted by molar-refractivity contribution is 0.0577. The number of nitrogens with two attached hydrogens (primary N) is 1. The Kier molecular flexibility index (Phi) is 6.53. The molecule has 1 aliphatic heterocycles. The Balaban J connectivity index is 1.60. The molecular formula is C22H26F2N8O2. The summed E-state index contributed by atoms with van der Waals surface area (Å²) in [5.41, 5.74) is 5.92. The normalized spacial score (nSPS) is 18.6. The number of carbonyl (C=O) groups is 1. The van der Waals surface area contributed by atoms with Crippen LogP contribution in [0.5, 0.6) is 0 Å². The molecule has 0 bridgehead atoms. The molecule has 0 aliphatic carbocycles. The highest BCUT2D eigenvalue weighted by molar-refractivity contribution is 5.97. The summed E-state index contributed by atoms with van der Waals surface area (Å²) in [5.74, 6) is -1.39. The number of carbonyl (C=O) groups excluding carboxylic acids is 1. The minimum Gasteiger partial charge on any atom is -0.389 e. The molecule has 0 radical (unpaired) electrons. The fraction of sp³-hybridized carbons (Fsp3) is 0.409. The van der Waals surface area contributed by atoms with E-state index in [4.69, 9.17) is 5.73 Å². The number of hydrogen-bond donors (Lipinski definition) is 4. The molecule has 180 valence electrons. The second-order valence-electron chi connectivity index (χ2n) is 8.94. The van der Waals surface area contributed by atoms with E-state index in [0.717, 1.165) is 6.20 Å². The van der Waals surface area contributed by atoms with E-state index in [9.17, 15) is 18.7 Å². The van der Waals surface area contributed by atoms with E-state index in [0.29, 0.717) is 17.8 Å². The average molecular weight is 473 g/mol. The number of pyridine rings is 1. The van der Waals surface area contributed by atoms with Crippen molar-refractivity contribution in [2.45, 2.75) is 44.6 Å². The third-order valence-electron chi connectivity index (χ3n) is 5.26. The van der Waals surface area contributed by atoms with Gasteiger partial charge in [-0.05, 0) is 19.9 Å². The van der Waals surface area contributed by atoms with Gasteiger partial charge in [-0.3, -0.25) is 14.5 Å². The predicted molar refractivity (Wildman–Crippen MR) is 121 cm³/mol. The van der Waals surface area contributed by atoms with Crippen molar-refractivity contribution in [1.82, 2.24) is 35.4 Å². The molecular weight excluding hydrogens is 446 g/mol. The van der Waals surface area contributed by atoms with Gasteiger partial charge in [-0.15, -0.1) is 0 Å². The van der Waals surface area contributed by atoms with Crippen molar-refractivity contribution in [3.05, 3.63) is 42.4 Å². The smallest absolute Gasteiger partial charge is 0.274 e. The van der Waals surface area contributed by atoms with Gasteiger partial charge in [0.15, 0.2) is 17.3 Å². The molecule has 0 aromatic carbocycles. The molecule has 0 spiro atoms. The summed E-state index contributed by atoms with van der Waals surface area (Å²) < 4.78 is 29.9. The van der Waals surface area contributed by atoms with Crippen LogP contribution in [0, 0.1) is 5.82 Å². The molecule has 2 unspecified atom stereocenters. The lowest BCUT2D eigenvalue weighted by Crippen LogP contribution is -2.49. The molecule has 4 rings (SSSR count). The number of rotatable bonds is 6. The number of nitrogens with one attached hydrogen (secondary N) is 2. The van der Waals surface area contributed by atoms with Gasteiger partial charge < -0.3 is 21.5 Å². The van der Waals surface area contributed by atoms with Crippen LogP contribution in [0.25, 0.3) is 22.5 Å². The van der Waals surface area contributed by atoms with Crippen molar-refractivity contribution in [2.24, 2.45) is 0 Å². The highest BCUT2D eigenvalue weighted by Crippen LogP contribution is 2.27. The fourth-order valence-electron chi connectivity index (χ4n) is 3.72. The van der Waals surface area contributed by atoms with Gasteiger partial charge in [-0.25, -0.2) is 18.7 Å². The average Bonchev–Trinajstić information content (AvgIpc) is 3.21. The van der Waals surface area contributed by atoms with E-state index in [-0.39, 0.29) is 42.3 Å². The molecule has 4 heterocycles. The van der Waals surface area contributed by atoms with Gasteiger partial charge in [0, 0.05) is 42.9 Å². The number of hydrogen-bond acceptors (Lipinski definition) is 8. The highest BCUT2D eigenvalue weighted by Gasteiger charge is 2.25. The SMILES string of the molecule is CC(C)(O)Cn1cc(-c2cc(-c3cnc(N)c(C(=O)NC4CNCC(F)C4)n3)c(F)cn2)cn1. The van der Waals surface area contributed by atoms with Crippen LogP contribution in [0.1, 0.15) is 30.8 Å². The first kappa shape index (κ1) is 23.6. The summed E-state index contributed by atoms with van der Waals surface area (Å²) in [6.07, 6.45) is 4.67. The molecule has 3 aromatic rings. The first-order valence-electron chi connectivity index (χ1n) is 10.8. The van der Waals surface area contributed by atoms with E-state index >= 15 is 0 Å². The van der Waals surface area contributed by atoms with Gasteiger partial charge in [0.2, 0.25) is 0 Å². The van der Waals surface area contributed by atoms with Gasteiger partial charge in [0.05, 0.1) is 42.1 Å². The minimum absolute atomic E-state index is 0.0740. The number of piperidine rings is 1. The summed E-state index contributed by atoms with van der Waals surface area (Å²) in [6.45, 7) is 4.25. The van der Waals surface area contributed by atoms with E-state index in [1.165, 1.54) is 12.3 Å². The largest absolute Gasteiger partial charge is 0.389 e. The van der Waals surface area contributed by atoms with Gasteiger partial charge in [-0.2, -0.15) is 5.10 Å². The maximum absolute atomic E-state index is 14.7. The second-order valence-corrected chi connectivity index (χ2v) is 8.94. The number of halogens is 2. The topological polar surface area (TPSA) is 144 Å². The maximum Gasteiger partial charge on any atom is 0.274 e. The zero-order valence-electron chi connectivity index (χ0n) is 18.8. The van der Waals surface area contributed by atoms with Crippen LogP contribution < -0.4 is 16.4 Å². The number of aliphatic hydroxyl groups is 1. The minimum atomic E-state index is -1.06. The van der Waals surface area contributed by atoms with Crippen LogP contribution in [0.15, 0.2) is 30.9 Å². The predicted octanol–water partition coefficient (Wildman–Crippen LogP) is 1.32. The van der Waals surface area contributed by atoms with E-state index in [1.807, 2.05) is 0 Å². The molecule has 1 fully saturated rings. The van der Waals surface area contributed by atoms with Gasteiger partial charge >= 0.3 is 0 Å². The molecule has 2 atom stereocenters. The third-order valence-corrected chi connectivity index (χ3v) is 5.26. The Morgan fingerprint density at radius 1 is 1.29 bits per heavy atom. The summed E-state index contributed by atoms with van der Waals surface area (Å²) in [6, 6.07) is 1.05. The van der Waals surface area contributed by atoms with Crippen molar-refractivity contribution in [3.8, 4) is 22.5 Å². The van der Waals surface area contributed by atoms with E-state index < -0.39 is 29.5 Å². The molecule has 34 heavy (non-hydrogen) atoms. The number of anilines is 1. The van der Waals surface area contributed by atoms with Crippen LogP contribution in [0.2, 0.25) is 0 Å². The Labute approximate surface area is 194 Å². The zero-order valence-corrected chi connectivity index (χ0v) is 18.8. The van der Waals surface area contributed by atoms with Crippen LogP contribution in [-0.2, 0) is 6.54 Å². The number of alkyl halides is 1. The van der Waals surface area contributed by atoms with Crippen molar-refractivity contribution in [1.29, 1.82) is 0 Å². The summed E-state index contributed by atoms with van der Waals surface area (Å²) in [5, 5.41) is 19.8. The highest BCUT2D eigenvalue weighted by atomic mass is 19.1. The molecule has 5 N–H and O–H groups in total. The third kappa shape index (κ3) is 5.51. The Bertz CT molecular complexity index is 1190. The Hall–Kier alpha value is -3.51. The zero-order chi connectivity index (χ0) is 24.5. The summed E-state index contributed by atoms with van der Waals surface area (Å²) in [4.78, 5) is 25.1. The lowest BCUT2D eigenvalue weighted by Gasteiger charge is -2.26. The van der Waals surface area contributed by atoms with Gasteiger partial charge in [0.1, 0.15) is 6.17 Å². The van der Waals surface area contributed by atoms with Crippen LogP contribution in [-0.4, -0.2) is 66.7 Å². The summed E-state index contributed by atoms with van der Waals surface area (Å²) in [7, 11) is 0. The Morgan fingerprint density at radius 3 is 2.82 bits per heavy atom.